The van der Waals surface area contributed by atoms with Gasteiger partial charge in [0.2, 0.25) is 5.91 Å². The van der Waals surface area contributed by atoms with Crippen LogP contribution in [0.15, 0.2) is 30.5 Å². The van der Waals surface area contributed by atoms with Gasteiger partial charge in [0.05, 0.1) is 17.3 Å². The number of alkyl halides is 3. The minimum absolute atomic E-state index is 0.00821. The molecule has 0 bridgehead atoms. The Morgan fingerprint density at radius 2 is 1.93 bits per heavy atom. The van der Waals surface area contributed by atoms with E-state index in [2.05, 4.69) is 15.5 Å². The Balaban J connectivity index is 1.68. The smallest absolute Gasteiger partial charge is 0.308 e. The second kappa shape index (κ2) is 8.03. The largest absolute Gasteiger partial charge is 0.436 e. The van der Waals surface area contributed by atoms with Gasteiger partial charge in [0, 0.05) is 22.8 Å². The van der Waals surface area contributed by atoms with E-state index >= 15 is 0 Å². The predicted octanol–water partition coefficient (Wildman–Crippen LogP) is 4.54. The molecule has 0 aliphatic carbocycles. The van der Waals surface area contributed by atoms with Crippen molar-refractivity contribution in [2.75, 3.05) is 5.32 Å². The Hall–Kier alpha value is -2.59. The highest BCUT2D eigenvalue weighted by molar-refractivity contribution is 6.32. The van der Waals surface area contributed by atoms with Crippen LogP contribution >= 0.6 is 23.2 Å². The van der Waals surface area contributed by atoms with Crippen LogP contribution in [0.25, 0.3) is 0 Å². The monoisotopic (exact) mass is 449 g/mol. The van der Waals surface area contributed by atoms with Crippen molar-refractivity contribution in [3.05, 3.63) is 63.3 Å². The minimum Gasteiger partial charge on any atom is -0.308 e. The first-order valence-corrected chi connectivity index (χ1v) is 8.88. The number of nitrogens with zero attached hydrogens (tertiary/aromatic N) is 4. The number of aromatic nitrogens is 4. The van der Waals surface area contributed by atoms with Crippen LogP contribution in [0.2, 0.25) is 10.0 Å². The molecule has 29 heavy (non-hydrogen) atoms. The molecule has 1 N–H and O–H groups in total. The van der Waals surface area contributed by atoms with Crippen molar-refractivity contribution < 1.29 is 22.4 Å². The Kier molecular flexibility index (Phi) is 5.85. The van der Waals surface area contributed by atoms with Gasteiger partial charge in [-0.15, -0.1) is 0 Å². The molecule has 0 unspecified atom stereocenters. The Bertz CT molecular complexity index is 1040. The van der Waals surface area contributed by atoms with E-state index in [1.165, 1.54) is 36.0 Å². The summed E-state index contributed by atoms with van der Waals surface area (Å²) in [5.41, 5.74) is -1.01. The van der Waals surface area contributed by atoms with E-state index in [1.54, 1.807) is 6.07 Å². The molecule has 0 aliphatic heterocycles. The molecule has 0 atom stereocenters. The first kappa shape index (κ1) is 21.1. The van der Waals surface area contributed by atoms with Crippen LogP contribution in [0, 0.1) is 12.7 Å². The second-order valence-electron chi connectivity index (χ2n) is 6.05. The molecule has 2 heterocycles. The lowest BCUT2D eigenvalue weighted by molar-refractivity contribution is -0.141. The molecule has 0 spiro atoms. The van der Waals surface area contributed by atoms with Gasteiger partial charge < -0.3 is 5.32 Å². The van der Waals surface area contributed by atoms with Gasteiger partial charge in [-0.25, -0.2) is 4.39 Å². The molecule has 0 saturated heterocycles. The quantitative estimate of drug-likeness (QED) is 0.581. The Labute approximate surface area is 172 Å². The van der Waals surface area contributed by atoms with E-state index in [-0.39, 0.29) is 28.6 Å². The normalized spacial score (nSPS) is 11.7. The van der Waals surface area contributed by atoms with Gasteiger partial charge in [-0.05, 0) is 19.1 Å². The topological polar surface area (TPSA) is 64.7 Å². The summed E-state index contributed by atoms with van der Waals surface area (Å²) in [5, 5.41) is 9.55. The maximum absolute atomic E-state index is 13.9. The number of rotatable bonds is 5. The van der Waals surface area contributed by atoms with E-state index in [0.29, 0.717) is 0 Å². The zero-order valence-corrected chi connectivity index (χ0v) is 16.3. The SMILES string of the molecule is Cc1c(Cl)c(C(F)(F)F)nn1CC(=O)Nc1ccn(Cc2c(F)cccc2Cl)n1. The molecule has 2 aromatic heterocycles. The molecule has 0 saturated carbocycles. The first-order chi connectivity index (χ1) is 13.6. The lowest BCUT2D eigenvalue weighted by atomic mass is 10.2. The third kappa shape index (κ3) is 4.70. The standard InChI is InChI=1S/C17H13Cl2F4N5O/c1-9-15(19)16(17(21,22)23)26-28(9)8-14(29)24-13-5-6-27(25-13)7-10-11(18)3-2-4-12(10)20/h2-6H,7-8H2,1H3,(H,24,25,29). The van der Waals surface area contributed by atoms with Gasteiger partial charge in [-0.1, -0.05) is 29.3 Å². The van der Waals surface area contributed by atoms with Crippen molar-refractivity contribution in [3.8, 4) is 0 Å². The maximum atomic E-state index is 13.9. The lowest BCUT2D eigenvalue weighted by Gasteiger charge is -2.06. The average molecular weight is 450 g/mol. The van der Waals surface area contributed by atoms with Gasteiger partial charge >= 0.3 is 6.18 Å². The molecule has 1 aromatic carbocycles. The van der Waals surface area contributed by atoms with Gasteiger partial charge in [0.25, 0.3) is 0 Å². The third-order valence-electron chi connectivity index (χ3n) is 3.99. The number of hydrogen-bond acceptors (Lipinski definition) is 3. The lowest BCUT2D eigenvalue weighted by Crippen LogP contribution is -2.21. The highest BCUT2D eigenvalue weighted by Crippen LogP contribution is 2.35. The summed E-state index contributed by atoms with van der Waals surface area (Å²) in [7, 11) is 0. The van der Waals surface area contributed by atoms with Crippen molar-refractivity contribution in [2.45, 2.75) is 26.2 Å². The Morgan fingerprint density at radius 3 is 2.55 bits per heavy atom. The predicted molar refractivity (Wildman–Crippen MR) is 98.3 cm³/mol. The molecule has 3 rings (SSSR count). The molecular weight excluding hydrogens is 437 g/mol. The average Bonchev–Trinajstić information content (AvgIpc) is 3.17. The van der Waals surface area contributed by atoms with Gasteiger partial charge in [-0.2, -0.15) is 23.4 Å². The van der Waals surface area contributed by atoms with Crippen molar-refractivity contribution in [2.24, 2.45) is 0 Å². The second-order valence-corrected chi connectivity index (χ2v) is 6.84. The molecule has 0 fully saturated rings. The fraction of sp³-hybridized carbons (Fsp3) is 0.235. The molecule has 0 aliphatic rings. The highest BCUT2D eigenvalue weighted by atomic mass is 35.5. The van der Waals surface area contributed by atoms with E-state index in [4.69, 9.17) is 23.2 Å². The number of carbonyl (C=O) groups is 1. The minimum atomic E-state index is -4.73. The number of carbonyl (C=O) groups excluding carboxylic acids is 1. The van der Waals surface area contributed by atoms with Crippen molar-refractivity contribution in [3.63, 3.8) is 0 Å². The van der Waals surface area contributed by atoms with Crippen LogP contribution in [-0.2, 0) is 24.1 Å². The number of benzene rings is 1. The molecular formula is C17H13Cl2F4N5O. The number of hydrogen-bond donors (Lipinski definition) is 1. The fourth-order valence-corrected chi connectivity index (χ4v) is 3.00. The van der Waals surface area contributed by atoms with E-state index in [1.807, 2.05) is 0 Å². The summed E-state index contributed by atoms with van der Waals surface area (Å²) in [5.74, 6) is -1.02. The number of amides is 1. The van der Waals surface area contributed by atoms with Gasteiger partial charge in [-0.3, -0.25) is 14.2 Å². The zero-order valence-electron chi connectivity index (χ0n) is 14.8. The highest BCUT2D eigenvalue weighted by Gasteiger charge is 2.38. The van der Waals surface area contributed by atoms with Crippen LogP contribution in [0.1, 0.15) is 17.0 Å². The summed E-state index contributed by atoms with van der Waals surface area (Å²) < 4.78 is 54.6. The summed E-state index contributed by atoms with van der Waals surface area (Å²) in [6.07, 6.45) is -3.23. The van der Waals surface area contributed by atoms with Gasteiger partial charge in [0.15, 0.2) is 11.5 Å². The summed E-state index contributed by atoms with van der Waals surface area (Å²) in [6, 6.07) is 5.74. The zero-order chi connectivity index (χ0) is 21.3. The van der Waals surface area contributed by atoms with E-state index in [0.717, 1.165) is 4.68 Å². The molecule has 154 valence electrons. The molecule has 6 nitrogen and oxygen atoms in total. The van der Waals surface area contributed by atoms with E-state index in [9.17, 15) is 22.4 Å². The first-order valence-electron chi connectivity index (χ1n) is 8.12. The van der Waals surface area contributed by atoms with Crippen LogP contribution < -0.4 is 5.32 Å². The molecule has 3 aromatic rings. The summed E-state index contributed by atoms with van der Waals surface area (Å²) in [6.45, 7) is 0.864. The van der Waals surface area contributed by atoms with Crippen molar-refractivity contribution in [1.29, 1.82) is 0 Å². The van der Waals surface area contributed by atoms with Crippen LogP contribution in [0.5, 0.6) is 0 Å². The van der Waals surface area contributed by atoms with Crippen LogP contribution in [0.4, 0.5) is 23.4 Å². The summed E-state index contributed by atoms with van der Waals surface area (Å²) >= 11 is 11.6. The number of halogens is 6. The van der Waals surface area contributed by atoms with Crippen molar-refractivity contribution >= 4 is 34.9 Å². The molecule has 12 heteroatoms. The Morgan fingerprint density at radius 1 is 1.21 bits per heavy atom. The molecule has 1 amide bonds. The molecule has 0 radical (unpaired) electrons. The van der Waals surface area contributed by atoms with Gasteiger partial charge in [0.1, 0.15) is 12.4 Å². The van der Waals surface area contributed by atoms with E-state index < -0.39 is 35.2 Å². The van der Waals surface area contributed by atoms with Crippen LogP contribution in [0.3, 0.4) is 0 Å². The number of nitrogens with one attached hydrogen (secondary N) is 1. The van der Waals surface area contributed by atoms with Crippen LogP contribution in [-0.4, -0.2) is 25.5 Å². The summed E-state index contributed by atoms with van der Waals surface area (Å²) in [4.78, 5) is 12.2. The number of anilines is 1. The maximum Gasteiger partial charge on any atom is 0.436 e. The third-order valence-corrected chi connectivity index (χ3v) is 4.79. The van der Waals surface area contributed by atoms with Crippen molar-refractivity contribution in [1.82, 2.24) is 19.6 Å². The fourth-order valence-electron chi connectivity index (χ4n) is 2.54.